The van der Waals surface area contributed by atoms with Gasteiger partial charge in [-0.3, -0.25) is 14.4 Å². The molecule has 0 aromatic rings. The Labute approximate surface area is 303 Å². The molecule has 4 rings (SSSR count). The van der Waals surface area contributed by atoms with E-state index >= 15 is 0 Å². The van der Waals surface area contributed by atoms with Gasteiger partial charge >= 0.3 is 5.97 Å². The molecule has 1 saturated carbocycles. The average molecular weight is 719 g/mol. The normalized spacial score (nSPS) is 40.0. The summed E-state index contributed by atoms with van der Waals surface area (Å²) < 4.78 is 23.9. The minimum Gasteiger partial charge on any atom is -0.455 e. The molecule has 4 aliphatic rings. The molecule has 4 N–H and O–H groups in total. The fraction of sp³-hybridized carbons (Fsp3) is 0.795. The van der Waals surface area contributed by atoms with E-state index in [4.69, 9.17) is 24.7 Å². The average Bonchev–Trinajstić information content (AvgIpc) is 3.09. The molecule has 12 heteroatoms. The zero-order valence-electron chi connectivity index (χ0n) is 31.7. The lowest BCUT2D eigenvalue weighted by Gasteiger charge is -2.47. The highest BCUT2D eigenvalue weighted by Gasteiger charge is 2.56. The van der Waals surface area contributed by atoms with Gasteiger partial charge in [-0.15, -0.1) is 0 Å². The lowest BCUT2D eigenvalue weighted by molar-refractivity contribution is -0.302. The van der Waals surface area contributed by atoms with Crippen LogP contribution in [0.15, 0.2) is 23.3 Å². The number of aliphatic hydroxyl groups is 2. The number of aliphatic hydroxyl groups excluding tert-OH is 1. The van der Waals surface area contributed by atoms with Gasteiger partial charge in [0.15, 0.2) is 0 Å². The number of cyclic esters (lactones) is 1. The Morgan fingerprint density at radius 3 is 2.31 bits per heavy atom. The Morgan fingerprint density at radius 2 is 1.71 bits per heavy atom. The van der Waals surface area contributed by atoms with E-state index in [-0.39, 0.29) is 37.5 Å². The van der Waals surface area contributed by atoms with E-state index in [2.05, 4.69) is 0 Å². The van der Waals surface area contributed by atoms with Crippen molar-refractivity contribution >= 4 is 23.4 Å². The van der Waals surface area contributed by atoms with Gasteiger partial charge in [0.05, 0.1) is 24.4 Å². The van der Waals surface area contributed by atoms with Gasteiger partial charge in [-0.05, 0) is 89.0 Å². The van der Waals surface area contributed by atoms with E-state index in [0.717, 1.165) is 24.8 Å². The number of methoxy groups -OCH3 is 2. The van der Waals surface area contributed by atoms with Crippen molar-refractivity contribution in [3.8, 4) is 0 Å². The smallest absolute Gasteiger partial charge is 0.329 e. The Balaban J connectivity index is 1.75. The predicted molar refractivity (Wildman–Crippen MR) is 190 cm³/mol. The molecule has 0 radical (unpaired) electrons. The number of Topliss-reactive ketones (excluding diaryl/α,β-unsaturated/α-hetero) is 2. The van der Waals surface area contributed by atoms with Gasteiger partial charge in [0.25, 0.3) is 11.7 Å². The van der Waals surface area contributed by atoms with Crippen LogP contribution in [0.2, 0.25) is 0 Å². The summed E-state index contributed by atoms with van der Waals surface area (Å²) in [5.74, 6) is -6.51. The van der Waals surface area contributed by atoms with Crippen LogP contribution in [0.4, 0.5) is 0 Å². The number of ketones is 2. The van der Waals surface area contributed by atoms with Crippen molar-refractivity contribution in [3.05, 3.63) is 23.3 Å². The molecular formula is C39H62N2O10. The van der Waals surface area contributed by atoms with Crippen molar-refractivity contribution in [2.75, 3.05) is 20.8 Å². The highest BCUT2D eigenvalue weighted by Crippen LogP contribution is 2.39. The van der Waals surface area contributed by atoms with Gasteiger partial charge < -0.3 is 39.8 Å². The molecule has 3 fully saturated rings. The summed E-state index contributed by atoms with van der Waals surface area (Å²) in [6.45, 7) is 9.47. The molecule has 0 aromatic heterocycles. The number of nitrogens with two attached hydrogens (primary N) is 1. The number of carbonyl (C=O) groups is 4. The van der Waals surface area contributed by atoms with Crippen LogP contribution in [0.1, 0.15) is 105 Å². The first-order valence-corrected chi connectivity index (χ1v) is 19.0. The van der Waals surface area contributed by atoms with Crippen LogP contribution >= 0.6 is 0 Å². The topological polar surface area (TPSA) is 175 Å². The molecule has 51 heavy (non-hydrogen) atoms. The lowest BCUT2D eigenvalue weighted by atomic mass is 9.82. The summed E-state index contributed by atoms with van der Waals surface area (Å²) in [5.41, 5.74) is 8.29. The molecule has 0 unspecified atom stereocenters. The Morgan fingerprint density at radius 1 is 1.04 bits per heavy atom. The number of hydrogen-bond donors (Lipinski definition) is 3. The summed E-state index contributed by atoms with van der Waals surface area (Å²) in [6, 6.07) is -2.24. The molecule has 1 aliphatic carbocycles. The predicted octanol–water partition coefficient (Wildman–Crippen LogP) is 3.79. The molecule has 3 aliphatic heterocycles. The van der Waals surface area contributed by atoms with Crippen LogP contribution in [0.5, 0.6) is 0 Å². The summed E-state index contributed by atoms with van der Waals surface area (Å²) >= 11 is 0. The number of allylic oxidation sites excluding steroid dienone is 3. The molecular weight excluding hydrogens is 656 g/mol. The zero-order valence-corrected chi connectivity index (χ0v) is 31.7. The van der Waals surface area contributed by atoms with Crippen LogP contribution in [0, 0.1) is 23.7 Å². The van der Waals surface area contributed by atoms with E-state index in [1.165, 1.54) is 19.1 Å². The Kier molecular flexibility index (Phi) is 14.6. The van der Waals surface area contributed by atoms with Crippen molar-refractivity contribution in [2.24, 2.45) is 29.4 Å². The number of ether oxygens (including phenoxy) is 4. The summed E-state index contributed by atoms with van der Waals surface area (Å²) in [7, 11) is 3.07. The van der Waals surface area contributed by atoms with Gasteiger partial charge in [0.2, 0.25) is 5.79 Å². The molecule has 0 aromatic carbocycles. The summed E-state index contributed by atoms with van der Waals surface area (Å²) in [6.07, 6.45) is 5.72. The SMILES string of the molecule is CC[C@@H]1/C=C(\C)C[C@H](C)C[C@H](OC)[C@H]2O[C@@](O)(C(=O)C(=O)N3CCCC[C@H]3C(=O)O[C@H](/C(C)=C/C3CCC3)[C@H](N)[C@@H](O)CC1=O)[C@H](C)C[C@@H]2OC. The number of piperidine rings is 1. The molecule has 2 bridgehead atoms. The number of amides is 1. The van der Waals surface area contributed by atoms with Crippen LogP contribution in [-0.2, 0) is 38.1 Å². The van der Waals surface area contributed by atoms with Gasteiger partial charge in [-0.25, -0.2) is 4.79 Å². The maximum Gasteiger partial charge on any atom is 0.329 e. The fourth-order valence-corrected chi connectivity index (χ4v) is 8.26. The number of nitrogens with zero attached hydrogens (tertiary/aromatic N) is 1. The second-order valence-corrected chi connectivity index (χ2v) is 15.7. The number of rotatable bonds is 5. The van der Waals surface area contributed by atoms with Gasteiger partial charge in [0.1, 0.15) is 24.0 Å². The minimum absolute atomic E-state index is 0.0428. The van der Waals surface area contributed by atoms with E-state index in [9.17, 15) is 29.4 Å². The van der Waals surface area contributed by atoms with Crippen LogP contribution < -0.4 is 5.73 Å². The van der Waals surface area contributed by atoms with Crippen molar-refractivity contribution in [2.45, 2.75) is 154 Å². The van der Waals surface area contributed by atoms with E-state index in [1.807, 2.05) is 32.9 Å². The molecule has 2 saturated heterocycles. The third-order valence-electron chi connectivity index (χ3n) is 11.7. The minimum atomic E-state index is -2.48. The Bertz CT molecular complexity index is 1310. The van der Waals surface area contributed by atoms with Crippen LogP contribution in [0.25, 0.3) is 0 Å². The van der Waals surface area contributed by atoms with Crippen LogP contribution in [0.3, 0.4) is 0 Å². The monoisotopic (exact) mass is 718 g/mol. The standard InChI is InChI=1S/C39H62N2O10/c1-8-27-17-22(2)16-23(3)18-31(48-6)35-32(49-7)20-25(5)39(47,51-35)36(44)37(45)41-15-10-9-14-28(41)38(46)50-34(24(4)19-26-12-11-13-26)33(40)30(43)21-29(27)42/h17,19,23,25-28,30-35,43,47H,8-16,18,20-21,40H2,1-7H3/b22-17+,24-19+/t23-,25+,27+,28-,30-,31-,32-,33+,34+,35+,39+/m0/s1. The molecule has 12 nitrogen and oxygen atoms in total. The summed E-state index contributed by atoms with van der Waals surface area (Å²) in [5, 5.41) is 23.3. The largest absolute Gasteiger partial charge is 0.455 e. The van der Waals surface area contributed by atoms with Crippen molar-refractivity contribution < 1.29 is 48.3 Å². The molecule has 11 atom stereocenters. The van der Waals surface area contributed by atoms with Crippen molar-refractivity contribution in [1.29, 1.82) is 0 Å². The van der Waals surface area contributed by atoms with E-state index in [1.54, 1.807) is 13.8 Å². The highest BCUT2D eigenvalue weighted by molar-refractivity contribution is 6.39. The Hall–Kier alpha value is -2.48. The van der Waals surface area contributed by atoms with E-state index < -0.39 is 77.9 Å². The van der Waals surface area contributed by atoms with Crippen LogP contribution in [-0.4, -0.2) is 108 Å². The maximum absolute atomic E-state index is 14.1. The second-order valence-electron chi connectivity index (χ2n) is 15.7. The maximum atomic E-state index is 14.1. The third kappa shape index (κ3) is 9.55. The van der Waals surface area contributed by atoms with Crippen molar-refractivity contribution in [1.82, 2.24) is 4.90 Å². The zero-order chi connectivity index (χ0) is 37.6. The first kappa shape index (κ1) is 41.3. The third-order valence-corrected chi connectivity index (χ3v) is 11.7. The van der Waals surface area contributed by atoms with E-state index in [0.29, 0.717) is 43.6 Å². The lowest BCUT2D eigenvalue weighted by Crippen LogP contribution is -2.64. The molecule has 288 valence electrons. The summed E-state index contributed by atoms with van der Waals surface area (Å²) in [4.78, 5) is 56.9. The second kappa shape index (κ2) is 18.0. The fourth-order valence-electron chi connectivity index (χ4n) is 8.26. The quantitative estimate of drug-likeness (QED) is 0.214. The molecule has 3 heterocycles. The number of hydrogen-bond acceptors (Lipinski definition) is 11. The van der Waals surface area contributed by atoms with Gasteiger partial charge in [-0.2, -0.15) is 0 Å². The molecule has 1 amide bonds. The highest BCUT2D eigenvalue weighted by atomic mass is 16.7. The van der Waals surface area contributed by atoms with Gasteiger partial charge in [-0.1, -0.05) is 44.9 Å². The number of esters is 1. The number of fused-ring (bicyclic) bond motifs is 3. The molecule has 0 spiro atoms. The van der Waals surface area contributed by atoms with Gasteiger partial charge in [0, 0.05) is 39.0 Å². The number of carbonyl (C=O) groups excluding carboxylic acids is 4. The van der Waals surface area contributed by atoms with Crippen molar-refractivity contribution in [3.63, 3.8) is 0 Å². The first-order chi connectivity index (χ1) is 24.1. The first-order valence-electron chi connectivity index (χ1n) is 19.0.